The highest BCUT2D eigenvalue weighted by atomic mass is 79.9. The molecule has 0 saturated heterocycles. The second kappa shape index (κ2) is 6.42. The zero-order valence-corrected chi connectivity index (χ0v) is 13.2. The molecule has 102 valence electrons. The molecule has 0 bridgehead atoms. The van der Waals surface area contributed by atoms with E-state index >= 15 is 0 Å². The van der Waals surface area contributed by atoms with E-state index in [1.807, 2.05) is 0 Å². The number of ether oxygens (including phenoxy) is 1. The highest BCUT2D eigenvalue weighted by molar-refractivity contribution is 9.09. The Hall–Kier alpha value is -1.02. The van der Waals surface area contributed by atoms with Gasteiger partial charge in [-0.15, -0.1) is 0 Å². The summed E-state index contributed by atoms with van der Waals surface area (Å²) in [5.41, 5.74) is 0.233. The van der Waals surface area contributed by atoms with Gasteiger partial charge in [0, 0.05) is 16.1 Å². The number of alkyl halides is 1. The molecule has 0 heterocycles. The third-order valence-corrected chi connectivity index (χ3v) is 5.26. The molecule has 0 aliphatic rings. The summed E-state index contributed by atoms with van der Waals surface area (Å²) in [7, 11) is 0. The summed E-state index contributed by atoms with van der Waals surface area (Å²) in [5.74, 6) is 0.991. The van der Waals surface area contributed by atoms with Gasteiger partial charge in [0.1, 0.15) is 5.75 Å². The Bertz CT molecular complexity index is 518. The molecule has 2 rings (SSSR count). The zero-order chi connectivity index (χ0) is 13.7. The van der Waals surface area contributed by atoms with Crippen LogP contribution in [0, 0.1) is 5.41 Å². The van der Waals surface area contributed by atoms with Gasteiger partial charge in [-0.1, -0.05) is 66.2 Å². The molecule has 0 spiro atoms. The Kier molecular flexibility index (Phi) is 4.87. The number of fused-ring (bicyclic) bond motifs is 1. The van der Waals surface area contributed by atoms with Crippen LogP contribution < -0.4 is 4.74 Å². The molecule has 0 unspecified atom stereocenters. The topological polar surface area (TPSA) is 9.23 Å². The summed E-state index contributed by atoms with van der Waals surface area (Å²) in [6.07, 6.45) is 2.25. The first kappa shape index (κ1) is 14.4. The van der Waals surface area contributed by atoms with Crippen LogP contribution in [0.3, 0.4) is 0 Å². The van der Waals surface area contributed by atoms with E-state index < -0.39 is 0 Å². The quantitative estimate of drug-likeness (QED) is 0.646. The maximum atomic E-state index is 6.13. The zero-order valence-electron chi connectivity index (χ0n) is 11.7. The van der Waals surface area contributed by atoms with Crippen molar-refractivity contribution in [3.8, 4) is 5.75 Å². The van der Waals surface area contributed by atoms with Gasteiger partial charge in [-0.05, 0) is 24.3 Å². The van der Waals surface area contributed by atoms with E-state index in [0.29, 0.717) is 0 Å². The lowest BCUT2D eigenvalue weighted by Gasteiger charge is -2.29. The van der Waals surface area contributed by atoms with Crippen molar-refractivity contribution < 1.29 is 4.74 Å². The average Bonchev–Trinajstić information content (AvgIpc) is 2.49. The van der Waals surface area contributed by atoms with Crippen molar-refractivity contribution in [3.63, 3.8) is 0 Å². The second-order valence-electron chi connectivity index (χ2n) is 5.11. The Balaban J connectivity index is 2.22. The van der Waals surface area contributed by atoms with Crippen LogP contribution in [0.2, 0.25) is 0 Å². The molecule has 0 fully saturated rings. The third kappa shape index (κ3) is 3.11. The maximum Gasteiger partial charge on any atom is 0.127 e. The van der Waals surface area contributed by atoms with Gasteiger partial charge in [-0.2, -0.15) is 0 Å². The predicted octanol–water partition coefficient (Wildman–Crippen LogP) is 5.42. The molecule has 1 nitrogen and oxygen atoms in total. The van der Waals surface area contributed by atoms with E-state index in [1.54, 1.807) is 0 Å². The van der Waals surface area contributed by atoms with E-state index in [0.717, 1.165) is 30.5 Å². The first-order valence-electron chi connectivity index (χ1n) is 6.91. The fourth-order valence-electron chi connectivity index (χ4n) is 2.23. The SMILES string of the molecule is CCC(CC)(CBr)COc1cccc2ccccc12. The molecule has 0 aliphatic carbocycles. The van der Waals surface area contributed by atoms with E-state index in [9.17, 15) is 0 Å². The van der Waals surface area contributed by atoms with Crippen LogP contribution in [0.25, 0.3) is 10.8 Å². The Labute approximate surface area is 124 Å². The maximum absolute atomic E-state index is 6.13. The summed E-state index contributed by atoms with van der Waals surface area (Å²) >= 11 is 3.64. The van der Waals surface area contributed by atoms with Crippen LogP contribution in [0.15, 0.2) is 42.5 Å². The van der Waals surface area contributed by atoms with Crippen molar-refractivity contribution in [1.82, 2.24) is 0 Å². The third-order valence-electron chi connectivity index (χ3n) is 4.07. The monoisotopic (exact) mass is 320 g/mol. The lowest BCUT2D eigenvalue weighted by molar-refractivity contribution is 0.159. The number of halogens is 1. The molecule has 0 atom stereocenters. The molecule has 0 amide bonds. The van der Waals surface area contributed by atoms with Crippen LogP contribution in [0.1, 0.15) is 26.7 Å². The predicted molar refractivity (Wildman–Crippen MR) is 86.3 cm³/mol. The van der Waals surface area contributed by atoms with Gasteiger partial charge in [0.2, 0.25) is 0 Å². The summed E-state index contributed by atoms with van der Waals surface area (Å²) in [6.45, 7) is 5.23. The van der Waals surface area contributed by atoms with Crippen LogP contribution in [-0.2, 0) is 0 Å². The Morgan fingerprint density at radius 3 is 2.37 bits per heavy atom. The molecule has 0 aliphatic heterocycles. The van der Waals surface area contributed by atoms with Gasteiger partial charge in [-0.25, -0.2) is 0 Å². The van der Waals surface area contributed by atoms with Gasteiger partial charge in [0.25, 0.3) is 0 Å². The van der Waals surface area contributed by atoms with Gasteiger partial charge >= 0.3 is 0 Å². The number of rotatable bonds is 6. The minimum atomic E-state index is 0.233. The molecular weight excluding hydrogens is 300 g/mol. The molecule has 0 N–H and O–H groups in total. The van der Waals surface area contributed by atoms with Crippen LogP contribution in [0.4, 0.5) is 0 Å². The summed E-state index contributed by atoms with van der Waals surface area (Å²) < 4.78 is 6.13. The van der Waals surface area contributed by atoms with Crippen molar-refractivity contribution in [2.45, 2.75) is 26.7 Å². The Morgan fingerprint density at radius 1 is 1.00 bits per heavy atom. The minimum Gasteiger partial charge on any atom is -0.492 e. The largest absolute Gasteiger partial charge is 0.492 e. The van der Waals surface area contributed by atoms with E-state index in [2.05, 4.69) is 72.2 Å². The highest BCUT2D eigenvalue weighted by Crippen LogP contribution is 2.32. The second-order valence-corrected chi connectivity index (χ2v) is 5.67. The number of benzene rings is 2. The molecule has 0 saturated carbocycles. The van der Waals surface area contributed by atoms with Gasteiger partial charge in [0.15, 0.2) is 0 Å². The van der Waals surface area contributed by atoms with E-state index in [4.69, 9.17) is 4.74 Å². The molecule has 2 heteroatoms. The summed E-state index contributed by atoms with van der Waals surface area (Å²) in [6, 6.07) is 14.6. The highest BCUT2D eigenvalue weighted by Gasteiger charge is 2.26. The van der Waals surface area contributed by atoms with Crippen molar-refractivity contribution in [3.05, 3.63) is 42.5 Å². The number of hydrogen-bond acceptors (Lipinski definition) is 1. The van der Waals surface area contributed by atoms with Gasteiger partial charge < -0.3 is 4.74 Å². The minimum absolute atomic E-state index is 0.233. The number of hydrogen-bond donors (Lipinski definition) is 0. The average molecular weight is 321 g/mol. The first-order valence-corrected chi connectivity index (χ1v) is 8.03. The molecule has 2 aromatic carbocycles. The van der Waals surface area contributed by atoms with Gasteiger partial charge in [-0.3, -0.25) is 0 Å². The van der Waals surface area contributed by atoms with Gasteiger partial charge in [0.05, 0.1) is 6.61 Å². The van der Waals surface area contributed by atoms with Crippen molar-refractivity contribution in [1.29, 1.82) is 0 Å². The van der Waals surface area contributed by atoms with Crippen LogP contribution in [-0.4, -0.2) is 11.9 Å². The summed E-state index contributed by atoms with van der Waals surface area (Å²) in [4.78, 5) is 0. The molecule has 0 radical (unpaired) electrons. The molecular formula is C17H21BrO. The molecule has 2 aromatic rings. The van der Waals surface area contributed by atoms with Crippen LogP contribution in [0.5, 0.6) is 5.75 Å². The lowest BCUT2D eigenvalue weighted by atomic mass is 9.86. The molecule has 0 aromatic heterocycles. The standard InChI is InChI=1S/C17H21BrO/c1-3-17(4-2,12-18)13-19-16-11-7-9-14-8-5-6-10-15(14)16/h5-11H,3-4,12-13H2,1-2H3. The smallest absolute Gasteiger partial charge is 0.127 e. The van der Waals surface area contributed by atoms with Crippen molar-refractivity contribution in [2.24, 2.45) is 5.41 Å². The fourth-order valence-corrected chi connectivity index (χ4v) is 3.19. The van der Waals surface area contributed by atoms with Crippen LogP contribution >= 0.6 is 15.9 Å². The van der Waals surface area contributed by atoms with Crippen molar-refractivity contribution in [2.75, 3.05) is 11.9 Å². The fraction of sp³-hybridized carbons (Fsp3) is 0.412. The summed E-state index contributed by atoms with van der Waals surface area (Å²) in [5, 5.41) is 3.41. The van der Waals surface area contributed by atoms with E-state index in [-0.39, 0.29) is 5.41 Å². The lowest BCUT2D eigenvalue weighted by Crippen LogP contribution is -2.29. The normalized spacial score (nSPS) is 11.7. The Morgan fingerprint density at radius 2 is 1.68 bits per heavy atom. The molecule has 19 heavy (non-hydrogen) atoms. The van der Waals surface area contributed by atoms with E-state index in [1.165, 1.54) is 10.8 Å². The first-order chi connectivity index (χ1) is 9.24. The van der Waals surface area contributed by atoms with Crippen molar-refractivity contribution >= 4 is 26.7 Å².